The summed E-state index contributed by atoms with van der Waals surface area (Å²) in [5.41, 5.74) is 1.31. The number of rotatable bonds is 7. The third-order valence-corrected chi connectivity index (χ3v) is 6.67. The average Bonchev–Trinajstić information content (AvgIpc) is 3.14. The fourth-order valence-corrected chi connectivity index (χ4v) is 4.38. The van der Waals surface area contributed by atoms with E-state index in [4.69, 9.17) is 4.74 Å². The maximum absolute atomic E-state index is 11.5. The maximum atomic E-state index is 11.5. The molecule has 3 rings (SSSR count). The van der Waals surface area contributed by atoms with Gasteiger partial charge in [0.2, 0.25) is 10.0 Å². The first kappa shape index (κ1) is 21.0. The van der Waals surface area contributed by atoms with Crippen LogP contribution in [0.4, 0.5) is 0 Å². The van der Waals surface area contributed by atoms with E-state index in [1.807, 2.05) is 6.07 Å². The van der Waals surface area contributed by atoms with Crippen LogP contribution in [0.2, 0.25) is 0 Å². The van der Waals surface area contributed by atoms with Crippen LogP contribution in [0.15, 0.2) is 35.3 Å². The second kappa shape index (κ2) is 9.69. The van der Waals surface area contributed by atoms with Gasteiger partial charge in [-0.2, -0.15) is 0 Å². The summed E-state index contributed by atoms with van der Waals surface area (Å²) in [7, 11) is -1.41. The molecule has 0 aromatic heterocycles. The van der Waals surface area contributed by atoms with Gasteiger partial charge >= 0.3 is 0 Å². The minimum absolute atomic E-state index is 0.0891. The summed E-state index contributed by atoms with van der Waals surface area (Å²) in [4.78, 5) is 9.06. The number of nitrogens with zero attached hydrogens (tertiary/aromatic N) is 3. The largest absolute Gasteiger partial charge is 0.373 e. The molecule has 2 aliphatic heterocycles. The second-order valence-corrected chi connectivity index (χ2v) is 9.20. The second-order valence-electron chi connectivity index (χ2n) is 7.11. The standard InChI is InChI=1S/C19H31N5O3S/c1-3-28(25,26)22-10-9-21-19(20-2)24-14-17-18(15-24)27-12-11-23(17)13-16-7-5-4-6-8-16/h4-8,17-18,22H,3,9-15H2,1-2H3,(H,20,21). The van der Waals surface area contributed by atoms with Gasteiger partial charge in [-0.05, 0) is 12.5 Å². The first-order chi connectivity index (χ1) is 13.5. The normalized spacial score (nSPS) is 23.6. The predicted octanol–water partition coefficient (Wildman–Crippen LogP) is 0.0863. The molecule has 9 heteroatoms. The van der Waals surface area contributed by atoms with Crippen LogP contribution in [0.25, 0.3) is 0 Å². The molecule has 1 aromatic rings. The summed E-state index contributed by atoms with van der Waals surface area (Å²) in [5, 5.41) is 3.26. The number of nitrogens with one attached hydrogen (secondary N) is 2. The van der Waals surface area contributed by atoms with Crippen LogP contribution in [-0.4, -0.2) is 88.5 Å². The summed E-state index contributed by atoms with van der Waals surface area (Å²) in [6, 6.07) is 10.8. The maximum Gasteiger partial charge on any atom is 0.211 e. The molecule has 28 heavy (non-hydrogen) atoms. The lowest BCUT2D eigenvalue weighted by Crippen LogP contribution is -2.50. The van der Waals surface area contributed by atoms with E-state index >= 15 is 0 Å². The average molecular weight is 410 g/mol. The molecule has 0 radical (unpaired) electrons. The third-order valence-electron chi connectivity index (χ3n) is 5.27. The van der Waals surface area contributed by atoms with Gasteiger partial charge in [0.15, 0.2) is 5.96 Å². The number of fused-ring (bicyclic) bond motifs is 1. The topological polar surface area (TPSA) is 86.3 Å². The van der Waals surface area contributed by atoms with E-state index < -0.39 is 10.0 Å². The van der Waals surface area contributed by atoms with Gasteiger partial charge in [-0.3, -0.25) is 9.89 Å². The fourth-order valence-electron chi connectivity index (χ4n) is 3.76. The molecule has 1 aromatic carbocycles. The smallest absolute Gasteiger partial charge is 0.211 e. The molecule has 0 aliphatic carbocycles. The van der Waals surface area contributed by atoms with Gasteiger partial charge in [0, 0.05) is 46.3 Å². The molecule has 2 heterocycles. The van der Waals surface area contributed by atoms with Crippen LogP contribution in [-0.2, 0) is 21.3 Å². The minimum atomic E-state index is -3.17. The fraction of sp³-hybridized carbons (Fsp3) is 0.632. The van der Waals surface area contributed by atoms with E-state index in [1.54, 1.807) is 14.0 Å². The number of likely N-dealkylation sites (tertiary alicyclic amines) is 1. The van der Waals surface area contributed by atoms with E-state index in [0.29, 0.717) is 19.1 Å². The Bertz CT molecular complexity index is 756. The van der Waals surface area contributed by atoms with Gasteiger partial charge in [-0.15, -0.1) is 0 Å². The monoisotopic (exact) mass is 409 g/mol. The number of sulfonamides is 1. The SMILES string of the molecule is CCS(=O)(=O)NCCNC(=NC)N1CC2OCCN(Cc3ccccc3)C2C1. The molecule has 0 bridgehead atoms. The molecule has 2 atom stereocenters. The third kappa shape index (κ3) is 5.44. The molecular formula is C19H31N5O3S. The Hall–Kier alpha value is -1.68. The molecule has 2 aliphatic rings. The van der Waals surface area contributed by atoms with Gasteiger partial charge < -0.3 is 15.0 Å². The molecular weight excluding hydrogens is 378 g/mol. The summed E-state index contributed by atoms with van der Waals surface area (Å²) < 4.78 is 31.6. The number of guanidine groups is 1. The molecule has 8 nitrogen and oxygen atoms in total. The Labute approximate surface area is 168 Å². The number of hydrogen-bond donors (Lipinski definition) is 2. The van der Waals surface area contributed by atoms with Crippen LogP contribution < -0.4 is 10.0 Å². The number of aliphatic imine (C=N–C) groups is 1. The summed E-state index contributed by atoms with van der Waals surface area (Å²) >= 11 is 0. The summed E-state index contributed by atoms with van der Waals surface area (Å²) in [6.45, 7) is 6.68. The molecule has 156 valence electrons. The van der Waals surface area contributed by atoms with Crippen molar-refractivity contribution in [3.63, 3.8) is 0 Å². The number of benzene rings is 1. The van der Waals surface area contributed by atoms with E-state index in [1.165, 1.54) is 5.56 Å². The zero-order chi connectivity index (χ0) is 20.0. The van der Waals surface area contributed by atoms with Gasteiger partial charge in [-0.1, -0.05) is 30.3 Å². The molecule has 2 fully saturated rings. The zero-order valence-electron chi connectivity index (χ0n) is 16.7. The van der Waals surface area contributed by atoms with Gasteiger partial charge in [0.05, 0.1) is 24.5 Å². The number of hydrogen-bond acceptors (Lipinski definition) is 5. The van der Waals surface area contributed by atoms with Crippen molar-refractivity contribution >= 4 is 16.0 Å². The predicted molar refractivity (Wildman–Crippen MR) is 111 cm³/mol. The van der Waals surface area contributed by atoms with E-state index in [-0.39, 0.29) is 11.9 Å². The summed E-state index contributed by atoms with van der Waals surface area (Å²) in [6.07, 6.45) is 0.162. The number of ether oxygens (including phenoxy) is 1. The van der Waals surface area contributed by atoms with Crippen molar-refractivity contribution in [3.05, 3.63) is 35.9 Å². The van der Waals surface area contributed by atoms with Crippen LogP contribution in [0, 0.1) is 0 Å². The lowest BCUT2D eigenvalue weighted by Gasteiger charge is -2.36. The highest BCUT2D eigenvalue weighted by Crippen LogP contribution is 2.24. The van der Waals surface area contributed by atoms with E-state index in [0.717, 1.165) is 38.7 Å². The van der Waals surface area contributed by atoms with Gasteiger partial charge in [0.25, 0.3) is 0 Å². The van der Waals surface area contributed by atoms with Crippen LogP contribution >= 0.6 is 0 Å². The molecule has 0 spiro atoms. The van der Waals surface area contributed by atoms with Crippen molar-refractivity contribution in [3.8, 4) is 0 Å². The Morgan fingerprint density at radius 3 is 2.75 bits per heavy atom. The Morgan fingerprint density at radius 2 is 2.04 bits per heavy atom. The highest BCUT2D eigenvalue weighted by molar-refractivity contribution is 7.89. The number of morpholine rings is 1. The van der Waals surface area contributed by atoms with Crippen molar-refractivity contribution in [2.45, 2.75) is 25.6 Å². The minimum Gasteiger partial charge on any atom is -0.373 e. The molecule has 2 saturated heterocycles. The van der Waals surface area contributed by atoms with Crippen molar-refractivity contribution in [1.82, 2.24) is 19.8 Å². The molecule has 2 N–H and O–H groups in total. The molecule has 0 amide bonds. The van der Waals surface area contributed by atoms with Gasteiger partial charge in [-0.25, -0.2) is 13.1 Å². The Balaban J connectivity index is 1.54. The Morgan fingerprint density at radius 1 is 1.25 bits per heavy atom. The van der Waals surface area contributed by atoms with Crippen LogP contribution in [0.5, 0.6) is 0 Å². The first-order valence-electron chi connectivity index (χ1n) is 9.85. The van der Waals surface area contributed by atoms with E-state index in [9.17, 15) is 8.42 Å². The Kier molecular flexibility index (Phi) is 7.28. The van der Waals surface area contributed by atoms with Crippen molar-refractivity contribution in [2.75, 3.05) is 52.1 Å². The molecule has 0 saturated carbocycles. The lowest BCUT2D eigenvalue weighted by molar-refractivity contribution is -0.0502. The van der Waals surface area contributed by atoms with Crippen molar-refractivity contribution < 1.29 is 13.2 Å². The van der Waals surface area contributed by atoms with Crippen LogP contribution in [0.1, 0.15) is 12.5 Å². The van der Waals surface area contributed by atoms with Crippen LogP contribution in [0.3, 0.4) is 0 Å². The highest BCUT2D eigenvalue weighted by Gasteiger charge is 2.41. The van der Waals surface area contributed by atoms with Crippen molar-refractivity contribution in [1.29, 1.82) is 0 Å². The summed E-state index contributed by atoms with van der Waals surface area (Å²) in [5.74, 6) is 0.875. The molecule has 2 unspecified atom stereocenters. The highest BCUT2D eigenvalue weighted by atomic mass is 32.2. The first-order valence-corrected chi connectivity index (χ1v) is 11.5. The quantitative estimate of drug-likeness (QED) is 0.377. The van der Waals surface area contributed by atoms with Gasteiger partial charge in [0.1, 0.15) is 0 Å². The zero-order valence-corrected chi connectivity index (χ0v) is 17.5. The van der Waals surface area contributed by atoms with Crippen molar-refractivity contribution in [2.24, 2.45) is 4.99 Å². The lowest BCUT2D eigenvalue weighted by atomic mass is 10.1. The van der Waals surface area contributed by atoms with E-state index in [2.05, 4.69) is 49.1 Å².